The Morgan fingerprint density at radius 2 is 2.40 bits per heavy atom. The van der Waals surface area contributed by atoms with Crippen LogP contribution >= 0.6 is 27.5 Å². The average Bonchev–Trinajstić information content (AvgIpc) is 2.68. The Morgan fingerprint density at radius 3 is 3.00 bits per heavy atom. The molecule has 0 aliphatic heterocycles. The van der Waals surface area contributed by atoms with Crippen molar-refractivity contribution in [2.24, 2.45) is 12.1 Å². The molecule has 2 aromatic rings. The molecule has 0 bridgehead atoms. The highest BCUT2D eigenvalue weighted by Crippen LogP contribution is 2.21. The minimum absolute atomic E-state index is 0.167. The molecule has 0 radical (unpaired) electrons. The molecule has 2 heterocycles. The first-order valence-electron chi connectivity index (χ1n) is 5.48. The van der Waals surface area contributed by atoms with E-state index in [1.54, 1.807) is 19.3 Å². The van der Waals surface area contributed by atoms with E-state index in [4.69, 9.17) is 16.7 Å². The summed E-state index contributed by atoms with van der Waals surface area (Å²) in [4.78, 5) is 14.9. The van der Waals surface area contributed by atoms with Crippen molar-refractivity contribution in [3.05, 3.63) is 45.4 Å². The van der Waals surface area contributed by atoms with Crippen molar-refractivity contribution in [2.75, 3.05) is 5.43 Å². The lowest BCUT2D eigenvalue weighted by Gasteiger charge is -2.03. The summed E-state index contributed by atoms with van der Waals surface area (Å²) in [5.41, 5.74) is 4.17. The summed E-state index contributed by atoms with van der Waals surface area (Å²) >= 11 is 9.22. The topological polar surface area (TPSA) is 79.5 Å². The number of aromatic nitrogens is 2. The number of rotatable bonds is 4. The van der Waals surface area contributed by atoms with Gasteiger partial charge in [-0.05, 0) is 28.1 Å². The van der Waals surface area contributed by atoms with Gasteiger partial charge in [-0.2, -0.15) is 5.10 Å². The van der Waals surface area contributed by atoms with Crippen molar-refractivity contribution in [1.29, 1.82) is 0 Å². The maximum Gasteiger partial charge on any atom is 0.352 e. The van der Waals surface area contributed by atoms with Crippen molar-refractivity contribution in [3.8, 4) is 0 Å². The van der Waals surface area contributed by atoms with Gasteiger partial charge in [0.1, 0.15) is 5.69 Å². The fourth-order valence-corrected chi connectivity index (χ4v) is 2.31. The van der Waals surface area contributed by atoms with Gasteiger partial charge in [-0.1, -0.05) is 11.6 Å². The molecule has 2 aromatic heterocycles. The van der Waals surface area contributed by atoms with Gasteiger partial charge >= 0.3 is 5.97 Å². The molecule has 0 saturated carbocycles. The van der Waals surface area contributed by atoms with Crippen LogP contribution in [0.2, 0.25) is 5.02 Å². The number of hydrogen-bond donors (Lipinski definition) is 2. The van der Waals surface area contributed by atoms with Gasteiger partial charge in [0.15, 0.2) is 0 Å². The number of halogens is 2. The molecular weight excluding hydrogens is 348 g/mol. The van der Waals surface area contributed by atoms with E-state index >= 15 is 0 Å². The highest BCUT2D eigenvalue weighted by molar-refractivity contribution is 9.10. The van der Waals surface area contributed by atoms with Crippen LogP contribution in [-0.4, -0.2) is 26.8 Å². The second-order valence-electron chi connectivity index (χ2n) is 3.85. The highest BCUT2D eigenvalue weighted by atomic mass is 79.9. The van der Waals surface area contributed by atoms with Crippen LogP contribution < -0.4 is 5.43 Å². The predicted octanol–water partition coefficient (Wildman–Crippen LogP) is 2.98. The average molecular weight is 358 g/mol. The summed E-state index contributed by atoms with van der Waals surface area (Å²) in [7, 11) is 1.65. The summed E-state index contributed by atoms with van der Waals surface area (Å²) in [6, 6.07) is 3.20. The lowest BCUT2D eigenvalue weighted by atomic mass is 10.4. The number of carboxylic acids is 1. The Kier molecular flexibility index (Phi) is 4.41. The Bertz CT molecular complexity index is 684. The van der Waals surface area contributed by atoms with E-state index in [0.29, 0.717) is 20.9 Å². The molecule has 0 fully saturated rings. The molecule has 0 aliphatic carbocycles. The van der Waals surface area contributed by atoms with Crippen LogP contribution in [0.15, 0.2) is 34.1 Å². The van der Waals surface area contributed by atoms with Gasteiger partial charge in [0.25, 0.3) is 0 Å². The van der Waals surface area contributed by atoms with Gasteiger partial charge in [-0.3, -0.25) is 10.4 Å². The SMILES string of the molecule is Cn1c(C(=O)O)cc(Br)c1/C=N/Nc1ccncc1Cl. The quantitative estimate of drug-likeness (QED) is 0.651. The van der Waals surface area contributed by atoms with Gasteiger partial charge in [-0.25, -0.2) is 4.79 Å². The molecule has 0 amide bonds. The number of carboxylic acid groups (broad SMARTS) is 1. The van der Waals surface area contributed by atoms with E-state index < -0.39 is 5.97 Å². The van der Waals surface area contributed by atoms with Gasteiger partial charge in [-0.15, -0.1) is 0 Å². The van der Waals surface area contributed by atoms with E-state index in [1.165, 1.54) is 23.0 Å². The number of carbonyl (C=O) groups is 1. The normalized spacial score (nSPS) is 10.9. The molecule has 8 heteroatoms. The number of hydrogen-bond acceptors (Lipinski definition) is 4. The fraction of sp³-hybridized carbons (Fsp3) is 0.0833. The molecule has 0 aromatic carbocycles. The van der Waals surface area contributed by atoms with Crippen molar-refractivity contribution in [3.63, 3.8) is 0 Å². The van der Waals surface area contributed by atoms with Crippen molar-refractivity contribution < 1.29 is 9.90 Å². The van der Waals surface area contributed by atoms with Crippen molar-refractivity contribution >= 4 is 45.4 Å². The maximum absolute atomic E-state index is 11.0. The molecule has 0 unspecified atom stereocenters. The second kappa shape index (κ2) is 6.06. The number of nitrogens with zero attached hydrogens (tertiary/aromatic N) is 3. The summed E-state index contributed by atoms with van der Waals surface area (Å²) in [5.74, 6) is -1.00. The zero-order valence-electron chi connectivity index (χ0n) is 10.3. The monoisotopic (exact) mass is 356 g/mol. The smallest absolute Gasteiger partial charge is 0.352 e. The lowest BCUT2D eigenvalue weighted by molar-refractivity contribution is 0.0686. The Hall–Kier alpha value is -1.86. The minimum atomic E-state index is -1.00. The van der Waals surface area contributed by atoms with Crippen LogP contribution in [0.5, 0.6) is 0 Å². The van der Waals surface area contributed by atoms with Crippen molar-refractivity contribution in [2.45, 2.75) is 0 Å². The first-order valence-corrected chi connectivity index (χ1v) is 6.65. The van der Waals surface area contributed by atoms with Crippen LogP contribution in [0.25, 0.3) is 0 Å². The second-order valence-corrected chi connectivity index (χ2v) is 5.11. The lowest BCUT2D eigenvalue weighted by Crippen LogP contribution is -2.07. The van der Waals surface area contributed by atoms with Crippen LogP contribution in [0.4, 0.5) is 5.69 Å². The third-order valence-electron chi connectivity index (χ3n) is 2.59. The predicted molar refractivity (Wildman–Crippen MR) is 80.5 cm³/mol. The minimum Gasteiger partial charge on any atom is -0.477 e. The first-order chi connectivity index (χ1) is 9.50. The van der Waals surface area contributed by atoms with Crippen LogP contribution in [0.1, 0.15) is 16.2 Å². The molecule has 0 spiro atoms. The third-order valence-corrected chi connectivity index (χ3v) is 3.53. The Balaban J connectivity index is 2.21. The van der Waals surface area contributed by atoms with E-state index in [2.05, 4.69) is 31.4 Å². The molecule has 20 heavy (non-hydrogen) atoms. The molecule has 104 valence electrons. The van der Waals surface area contributed by atoms with Gasteiger partial charge < -0.3 is 9.67 Å². The van der Waals surface area contributed by atoms with Gasteiger partial charge in [0.2, 0.25) is 0 Å². The Labute approximate surface area is 128 Å². The van der Waals surface area contributed by atoms with E-state index in [0.717, 1.165) is 0 Å². The van der Waals surface area contributed by atoms with Gasteiger partial charge in [0.05, 0.1) is 22.6 Å². The largest absolute Gasteiger partial charge is 0.477 e. The van der Waals surface area contributed by atoms with E-state index in [-0.39, 0.29) is 5.69 Å². The maximum atomic E-state index is 11.0. The van der Waals surface area contributed by atoms with Crippen LogP contribution in [0.3, 0.4) is 0 Å². The zero-order valence-corrected chi connectivity index (χ0v) is 12.7. The summed E-state index contributed by atoms with van der Waals surface area (Å²) < 4.78 is 2.16. The first kappa shape index (κ1) is 14.5. The van der Waals surface area contributed by atoms with Crippen LogP contribution in [-0.2, 0) is 7.05 Å². The van der Waals surface area contributed by atoms with Crippen molar-refractivity contribution in [1.82, 2.24) is 9.55 Å². The molecule has 2 N–H and O–H groups in total. The summed E-state index contributed by atoms with van der Waals surface area (Å²) in [6.45, 7) is 0. The Morgan fingerprint density at radius 1 is 1.65 bits per heavy atom. The molecule has 0 saturated heterocycles. The number of nitrogens with one attached hydrogen (secondary N) is 1. The number of pyridine rings is 1. The molecule has 2 rings (SSSR count). The summed E-state index contributed by atoms with van der Waals surface area (Å²) in [6.07, 6.45) is 4.60. The molecule has 0 aliphatic rings. The number of anilines is 1. The van der Waals surface area contributed by atoms with Crippen LogP contribution in [0, 0.1) is 0 Å². The summed E-state index contributed by atoms with van der Waals surface area (Å²) in [5, 5.41) is 13.5. The number of aromatic carboxylic acids is 1. The fourth-order valence-electron chi connectivity index (χ4n) is 1.56. The van der Waals surface area contributed by atoms with Gasteiger partial charge in [0, 0.05) is 23.9 Å². The van der Waals surface area contributed by atoms with E-state index in [9.17, 15) is 4.79 Å². The van der Waals surface area contributed by atoms with E-state index in [1.807, 2.05) is 0 Å². The molecular formula is C12H10BrClN4O2. The third kappa shape index (κ3) is 3.00. The number of hydrazone groups is 1. The molecule has 0 atom stereocenters. The molecule has 6 nitrogen and oxygen atoms in total. The highest BCUT2D eigenvalue weighted by Gasteiger charge is 2.14. The zero-order chi connectivity index (χ0) is 14.7. The standard InChI is InChI=1S/C12H10BrClN4O2/c1-18-10(12(19)20)4-7(13)11(18)6-16-17-9-2-3-15-5-8(9)14/h2-6H,1H3,(H,15,17)(H,19,20)/b16-6+.